The van der Waals surface area contributed by atoms with Crippen LogP contribution < -0.4 is 0 Å². The van der Waals surface area contributed by atoms with Gasteiger partial charge in [-0.25, -0.2) is 0 Å². The molecule has 2 unspecified atom stereocenters. The van der Waals surface area contributed by atoms with Crippen molar-refractivity contribution >= 4 is 0 Å². The summed E-state index contributed by atoms with van der Waals surface area (Å²) in [7, 11) is 0. The van der Waals surface area contributed by atoms with Crippen LogP contribution in [0.1, 0.15) is 72.1 Å². The van der Waals surface area contributed by atoms with Gasteiger partial charge in [0.25, 0.3) is 0 Å². The standard InChI is InChI=1S/C15H31N/c1-4-5-8-11-14(2)15(3)16-12-9-6-7-10-13-16/h14-15H,4-13H2,1-3H3. The molecular weight excluding hydrogens is 194 g/mol. The van der Waals surface area contributed by atoms with Crippen molar-refractivity contribution in [2.45, 2.75) is 78.2 Å². The van der Waals surface area contributed by atoms with Gasteiger partial charge >= 0.3 is 0 Å². The fraction of sp³-hybridized carbons (Fsp3) is 1.00. The molecule has 0 saturated carbocycles. The summed E-state index contributed by atoms with van der Waals surface area (Å²) < 4.78 is 0. The summed E-state index contributed by atoms with van der Waals surface area (Å²) in [6, 6.07) is 0.801. The van der Waals surface area contributed by atoms with Gasteiger partial charge in [0.15, 0.2) is 0 Å². The van der Waals surface area contributed by atoms with Gasteiger partial charge in [-0.2, -0.15) is 0 Å². The minimum absolute atomic E-state index is 0.801. The third kappa shape index (κ3) is 4.86. The van der Waals surface area contributed by atoms with Crippen LogP contribution in [0.5, 0.6) is 0 Å². The van der Waals surface area contributed by atoms with Crippen LogP contribution in [0.25, 0.3) is 0 Å². The van der Waals surface area contributed by atoms with Crippen LogP contribution in [-0.4, -0.2) is 24.0 Å². The zero-order valence-corrected chi connectivity index (χ0v) is 11.7. The van der Waals surface area contributed by atoms with E-state index in [0.29, 0.717) is 0 Å². The van der Waals surface area contributed by atoms with Gasteiger partial charge in [-0.1, -0.05) is 46.0 Å². The van der Waals surface area contributed by atoms with E-state index in [1.807, 2.05) is 0 Å². The second-order valence-electron chi connectivity index (χ2n) is 5.66. The smallest absolute Gasteiger partial charge is 0.00925 e. The van der Waals surface area contributed by atoms with Crippen LogP contribution in [0.2, 0.25) is 0 Å². The summed E-state index contributed by atoms with van der Waals surface area (Å²) in [5.74, 6) is 0.879. The SMILES string of the molecule is CCCCCC(C)C(C)N1CCCCCC1. The highest BCUT2D eigenvalue weighted by Gasteiger charge is 2.20. The van der Waals surface area contributed by atoms with Crippen LogP contribution in [0.4, 0.5) is 0 Å². The molecule has 0 spiro atoms. The minimum Gasteiger partial charge on any atom is -0.300 e. The second-order valence-corrected chi connectivity index (χ2v) is 5.66. The molecule has 1 rings (SSSR count). The van der Waals surface area contributed by atoms with Crippen LogP contribution >= 0.6 is 0 Å². The summed E-state index contributed by atoms with van der Waals surface area (Å²) in [4.78, 5) is 2.74. The molecule has 1 heteroatoms. The lowest BCUT2D eigenvalue weighted by Crippen LogP contribution is -2.38. The van der Waals surface area contributed by atoms with Crippen molar-refractivity contribution in [1.82, 2.24) is 4.90 Å². The lowest BCUT2D eigenvalue weighted by molar-refractivity contribution is 0.160. The molecule has 1 fully saturated rings. The van der Waals surface area contributed by atoms with E-state index in [9.17, 15) is 0 Å². The van der Waals surface area contributed by atoms with Gasteiger partial charge in [-0.05, 0) is 45.2 Å². The number of rotatable bonds is 6. The molecule has 96 valence electrons. The Morgan fingerprint density at radius 3 is 2.12 bits per heavy atom. The van der Waals surface area contributed by atoms with Crippen molar-refractivity contribution < 1.29 is 0 Å². The van der Waals surface area contributed by atoms with Crippen LogP contribution in [0.15, 0.2) is 0 Å². The van der Waals surface area contributed by atoms with Crippen LogP contribution in [0.3, 0.4) is 0 Å². The highest BCUT2D eigenvalue weighted by atomic mass is 15.1. The largest absolute Gasteiger partial charge is 0.300 e. The number of likely N-dealkylation sites (tertiary alicyclic amines) is 1. The predicted molar refractivity (Wildman–Crippen MR) is 72.8 cm³/mol. The molecule has 1 aliphatic heterocycles. The first-order valence-corrected chi connectivity index (χ1v) is 7.49. The maximum Gasteiger partial charge on any atom is 0.00925 e. The summed E-state index contributed by atoms with van der Waals surface area (Å²) in [5, 5.41) is 0. The Bertz CT molecular complexity index is 159. The molecule has 1 heterocycles. The van der Waals surface area contributed by atoms with Crippen molar-refractivity contribution in [3.05, 3.63) is 0 Å². The van der Waals surface area contributed by atoms with Crippen molar-refractivity contribution in [1.29, 1.82) is 0 Å². The Hall–Kier alpha value is -0.0400. The topological polar surface area (TPSA) is 3.24 Å². The molecular formula is C15H31N. The van der Waals surface area contributed by atoms with Gasteiger partial charge in [-0.15, -0.1) is 0 Å². The molecule has 1 aliphatic rings. The monoisotopic (exact) mass is 225 g/mol. The van der Waals surface area contributed by atoms with Gasteiger partial charge in [0.05, 0.1) is 0 Å². The Labute approximate surface area is 103 Å². The number of unbranched alkanes of at least 4 members (excludes halogenated alkanes) is 2. The normalized spacial score (nSPS) is 22.7. The summed E-state index contributed by atoms with van der Waals surface area (Å²) in [6.45, 7) is 9.88. The highest BCUT2D eigenvalue weighted by molar-refractivity contribution is 4.75. The lowest BCUT2D eigenvalue weighted by atomic mass is 9.95. The molecule has 0 aromatic heterocycles. The average Bonchev–Trinajstić information content (AvgIpc) is 2.56. The van der Waals surface area contributed by atoms with Crippen molar-refractivity contribution in [3.8, 4) is 0 Å². The Morgan fingerprint density at radius 1 is 0.938 bits per heavy atom. The molecule has 1 saturated heterocycles. The fourth-order valence-corrected chi connectivity index (χ4v) is 2.82. The first kappa shape index (κ1) is 14.0. The number of hydrogen-bond donors (Lipinski definition) is 0. The van der Waals surface area contributed by atoms with Gasteiger partial charge in [0.1, 0.15) is 0 Å². The Balaban J connectivity index is 2.26. The maximum atomic E-state index is 2.74. The van der Waals surface area contributed by atoms with Crippen molar-refractivity contribution in [2.24, 2.45) is 5.92 Å². The highest BCUT2D eigenvalue weighted by Crippen LogP contribution is 2.21. The molecule has 0 bridgehead atoms. The quantitative estimate of drug-likeness (QED) is 0.603. The van der Waals surface area contributed by atoms with Crippen LogP contribution in [0, 0.1) is 5.92 Å². The average molecular weight is 225 g/mol. The number of hydrogen-bond acceptors (Lipinski definition) is 1. The van der Waals surface area contributed by atoms with E-state index in [1.165, 1.54) is 64.5 Å². The maximum absolute atomic E-state index is 2.74. The van der Waals surface area contributed by atoms with Gasteiger partial charge in [0, 0.05) is 6.04 Å². The third-order valence-corrected chi connectivity index (χ3v) is 4.30. The molecule has 0 aromatic carbocycles. The second kappa shape index (κ2) is 8.11. The van der Waals surface area contributed by atoms with Gasteiger partial charge in [0.2, 0.25) is 0 Å². The van der Waals surface area contributed by atoms with E-state index in [1.54, 1.807) is 0 Å². The number of nitrogens with zero attached hydrogens (tertiary/aromatic N) is 1. The lowest BCUT2D eigenvalue weighted by Gasteiger charge is -2.32. The minimum atomic E-state index is 0.801. The van der Waals surface area contributed by atoms with Crippen molar-refractivity contribution in [3.63, 3.8) is 0 Å². The third-order valence-electron chi connectivity index (χ3n) is 4.30. The summed E-state index contributed by atoms with van der Waals surface area (Å²) >= 11 is 0. The zero-order valence-electron chi connectivity index (χ0n) is 11.7. The Morgan fingerprint density at radius 2 is 1.56 bits per heavy atom. The molecule has 0 radical (unpaired) electrons. The predicted octanol–water partition coefficient (Wildman–Crippen LogP) is 4.47. The van der Waals surface area contributed by atoms with Crippen LogP contribution in [-0.2, 0) is 0 Å². The molecule has 0 aromatic rings. The van der Waals surface area contributed by atoms with E-state index >= 15 is 0 Å². The van der Waals surface area contributed by atoms with E-state index in [2.05, 4.69) is 25.7 Å². The molecule has 0 N–H and O–H groups in total. The first-order chi connectivity index (χ1) is 7.75. The Kier molecular flexibility index (Phi) is 7.11. The molecule has 1 nitrogen and oxygen atoms in total. The van der Waals surface area contributed by atoms with E-state index in [0.717, 1.165) is 12.0 Å². The van der Waals surface area contributed by atoms with Crippen molar-refractivity contribution in [2.75, 3.05) is 13.1 Å². The van der Waals surface area contributed by atoms with Gasteiger partial charge in [-0.3, -0.25) is 0 Å². The molecule has 0 amide bonds. The molecule has 16 heavy (non-hydrogen) atoms. The summed E-state index contributed by atoms with van der Waals surface area (Å²) in [6.07, 6.45) is 11.4. The summed E-state index contributed by atoms with van der Waals surface area (Å²) in [5.41, 5.74) is 0. The molecule has 2 atom stereocenters. The van der Waals surface area contributed by atoms with E-state index in [4.69, 9.17) is 0 Å². The fourth-order valence-electron chi connectivity index (χ4n) is 2.82. The van der Waals surface area contributed by atoms with E-state index < -0.39 is 0 Å². The zero-order chi connectivity index (χ0) is 11.8. The van der Waals surface area contributed by atoms with Gasteiger partial charge < -0.3 is 4.90 Å². The van der Waals surface area contributed by atoms with E-state index in [-0.39, 0.29) is 0 Å². The molecule has 0 aliphatic carbocycles. The first-order valence-electron chi connectivity index (χ1n) is 7.49.